The Morgan fingerprint density at radius 3 is 2.62 bits per heavy atom. The lowest BCUT2D eigenvalue weighted by Crippen LogP contribution is -1.99. The Morgan fingerprint density at radius 1 is 1.15 bits per heavy atom. The minimum Gasteiger partial charge on any atom is -0.391 e. The average Bonchev–Trinajstić information content (AvgIpc) is 2.93. The van der Waals surface area contributed by atoms with Crippen LogP contribution in [0.15, 0.2) is 64.2 Å². The van der Waals surface area contributed by atoms with Gasteiger partial charge >= 0.3 is 0 Å². The highest BCUT2D eigenvalue weighted by atomic mass is 79.9. The number of nitriles is 1. The van der Waals surface area contributed by atoms with E-state index in [-0.39, 0.29) is 6.61 Å². The molecule has 0 amide bonds. The first-order valence-electron chi connectivity index (χ1n) is 8.18. The number of aryl methyl sites for hydroxylation is 1. The summed E-state index contributed by atoms with van der Waals surface area (Å²) in [6.45, 7) is 4.39. The molecular weight excluding hydrogens is 390 g/mol. The maximum atomic E-state index is 9.10. The lowest BCUT2D eigenvalue weighted by atomic mass is 10.1. The molecule has 130 valence electrons. The molecular formula is C21H18BrN3O. The Labute approximate surface area is 161 Å². The normalized spacial score (nSPS) is 10.8. The predicted octanol–water partition coefficient (Wildman–Crippen LogP) is 5.28. The highest BCUT2D eigenvalue weighted by molar-refractivity contribution is 9.10. The third-order valence-electron chi connectivity index (χ3n) is 4.18. The molecule has 0 aliphatic rings. The van der Waals surface area contributed by atoms with Gasteiger partial charge in [-0.2, -0.15) is 5.26 Å². The van der Waals surface area contributed by atoms with Crippen molar-refractivity contribution >= 4 is 22.1 Å². The van der Waals surface area contributed by atoms with Gasteiger partial charge < -0.3 is 9.40 Å². The molecule has 26 heavy (non-hydrogen) atoms. The predicted molar refractivity (Wildman–Crippen MR) is 106 cm³/mol. The molecule has 0 radical (unpaired) electrons. The molecule has 0 aliphatic heterocycles. The zero-order chi connectivity index (χ0) is 18.5. The molecule has 0 saturated heterocycles. The molecule has 4 nitrogen and oxygen atoms in total. The van der Waals surface area contributed by atoms with Crippen LogP contribution in [0.4, 0.5) is 0 Å². The minimum absolute atomic E-state index is 0.270. The monoisotopic (exact) mass is 407 g/mol. The lowest BCUT2D eigenvalue weighted by molar-refractivity contribution is 0.132. The van der Waals surface area contributed by atoms with E-state index in [9.17, 15) is 0 Å². The van der Waals surface area contributed by atoms with E-state index in [4.69, 9.17) is 10.1 Å². The van der Waals surface area contributed by atoms with Crippen LogP contribution in [0.25, 0.3) is 5.69 Å². The summed E-state index contributed by atoms with van der Waals surface area (Å²) in [5, 5.41) is 13.2. The van der Waals surface area contributed by atoms with Gasteiger partial charge in [-0.15, -0.1) is 0 Å². The third-order valence-corrected chi connectivity index (χ3v) is 4.71. The molecule has 0 aliphatic carbocycles. The quantitative estimate of drug-likeness (QED) is 0.426. The molecule has 5 heteroatoms. The molecule has 1 heterocycles. The molecule has 0 bridgehead atoms. The first-order chi connectivity index (χ1) is 12.6. The van der Waals surface area contributed by atoms with Crippen LogP contribution in [-0.4, -0.2) is 10.8 Å². The minimum atomic E-state index is 0.270. The SMILES string of the molecule is Cc1cc(/C=N/OCc2ccccc2C#N)c(C)n1-c1ccc(Br)cc1. The molecule has 2 aromatic carbocycles. The van der Waals surface area contributed by atoms with Gasteiger partial charge in [0.05, 0.1) is 17.8 Å². The fourth-order valence-corrected chi connectivity index (χ4v) is 3.13. The average molecular weight is 408 g/mol. The van der Waals surface area contributed by atoms with Gasteiger partial charge in [-0.25, -0.2) is 0 Å². The molecule has 3 aromatic rings. The van der Waals surface area contributed by atoms with Crippen molar-refractivity contribution < 1.29 is 4.84 Å². The second-order valence-electron chi connectivity index (χ2n) is 5.92. The fourth-order valence-electron chi connectivity index (χ4n) is 2.86. The van der Waals surface area contributed by atoms with E-state index in [0.717, 1.165) is 32.7 Å². The van der Waals surface area contributed by atoms with E-state index >= 15 is 0 Å². The van der Waals surface area contributed by atoms with Crippen LogP contribution in [0.3, 0.4) is 0 Å². The summed E-state index contributed by atoms with van der Waals surface area (Å²) in [6, 6.07) is 19.8. The second kappa shape index (κ2) is 8.03. The summed E-state index contributed by atoms with van der Waals surface area (Å²) in [4.78, 5) is 5.39. The highest BCUT2D eigenvalue weighted by Crippen LogP contribution is 2.21. The molecule has 0 N–H and O–H groups in total. The Balaban J connectivity index is 1.74. The van der Waals surface area contributed by atoms with E-state index in [0.29, 0.717) is 5.56 Å². The molecule has 0 fully saturated rings. The van der Waals surface area contributed by atoms with Crippen molar-refractivity contribution in [3.05, 3.63) is 87.1 Å². The van der Waals surface area contributed by atoms with Gasteiger partial charge in [-0.1, -0.05) is 39.3 Å². The zero-order valence-corrected chi connectivity index (χ0v) is 16.2. The Kier molecular flexibility index (Phi) is 5.55. The van der Waals surface area contributed by atoms with E-state index in [2.05, 4.69) is 63.8 Å². The van der Waals surface area contributed by atoms with Gasteiger partial charge in [-0.3, -0.25) is 0 Å². The molecule has 3 rings (SSSR count). The number of halogens is 1. The van der Waals surface area contributed by atoms with Crippen LogP contribution in [0.2, 0.25) is 0 Å². The topological polar surface area (TPSA) is 50.3 Å². The maximum Gasteiger partial charge on any atom is 0.143 e. The van der Waals surface area contributed by atoms with Crippen molar-refractivity contribution in [3.63, 3.8) is 0 Å². The largest absolute Gasteiger partial charge is 0.391 e. The summed E-state index contributed by atoms with van der Waals surface area (Å²) in [5.41, 5.74) is 5.75. The lowest BCUT2D eigenvalue weighted by Gasteiger charge is -2.09. The second-order valence-corrected chi connectivity index (χ2v) is 6.83. The van der Waals surface area contributed by atoms with Crippen molar-refractivity contribution in [1.82, 2.24) is 4.57 Å². The number of nitrogens with zero attached hydrogens (tertiary/aromatic N) is 3. The Hall–Kier alpha value is -2.84. The van der Waals surface area contributed by atoms with Crippen LogP contribution >= 0.6 is 15.9 Å². The van der Waals surface area contributed by atoms with Gasteiger partial charge in [0.1, 0.15) is 6.61 Å². The standard InChI is InChI=1S/C21H18BrN3O/c1-15-11-19(16(2)25(15)21-9-7-20(22)8-10-21)13-24-26-14-18-6-4-3-5-17(18)12-23/h3-11,13H,14H2,1-2H3/b24-13+. The fraction of sp³-hybridized carbons (Fsp3) is 0.143. The van der Waals surface area contributed by atoms with Gasteiger partial charge in [0.2, 0.25) is 0 Å². The van der Waals surface area contributed by atoms with E-state index in [1.807, 2.05) is 30.3 Å². The first kappa shape index (κ1) is 18.0. The number of hydrogen-bond acceptors (Lipinski definition) is 3. The van der Waals surface area contributed by atoms with Crippen molar-refractivity contribution in [2.24, 2.45) is 5.16 Å². The van der Waals surface area contributed by atoms with Gasteiger partial charge in [0.15, 0.2) is 0 Å². The molecule has 0 saturated carbocycles. The molecule has 0 atom stereocenters. The molecule has 0 spiro atoms. The summed E-state index contributed by atoms with van der Waals surface area (Å²) < 4.78 is 3.23. The van der Waals surface area contributed by atoms with Crippen LogP contribution < -0.4 is 0 Å². The summed E-state index contributed by atoms with van der Waals surface area (Å²) >= 11 is 3.46. The van der Waals surface area contributed by atoms with Crippen LogP contribution in [0.1, 0.15) is 28.1 Å². The van der Waals surface area contributed by atoms with Crippen molar-refractivity contribution in [2.45, 2.75) is 20.5 Å². The van der Waals surface area contributed by atoms with E-state index in [1.165, 1.54) is 0 Å². The first-order valence-corrected chi connectivity index (χ1v) is 8.97. The van der Waals surface area contributed by atoms with Gasteiger partial charge in [0.25, 0.3) is 0 Å². The maximum absolute atomic E-state index is 9.10. The zero-order valence-electron chi connectivity index (χ0n) is 14.6. The number of benzene rings is 2. The summed E-state index contributed by atoms with van der Waals surface area (Å²) in [7, 11) is 0. The Bertz CT molecular complexity index is 981. The number of aromatic nitrogens is 1. The third kappa shape index (κ3) is 3.87. The van der Waals surface area contributed by atoms with Crippen LogP contribution in [0.5, 0.6) is 0 Å². The van der Waals surface area contributed by atoms with Gasteiger partial charge in [-0.05, 0) is 50.2 Å². The summed E-state index contributed by atoms with van der Waals surface area (Å²) in [5.74, 6) is 0. The number of rotatable bonds is 5. The van der Waals surface area contributed by atoms with Crippen molar-refractivity contribution in [2.75, 3.05) is 0 Å². The number of oxime groups is 1. The van der Waals surface area contributed by atoms with E-state index in [1.54, 1.807) is 12.3 Å². The van der Waals surface area contributed by atoms with Crippen molar-refractivity contribution in [1.29, 1.82) is 5.26 Å². The van der Waals surface area contributed by atoms with Gasteiger partial charge in [0, 0.05) is 32.7 Å². The molecule has 0 unspecified atom stereocenters. The number of hydrogen-bond donors (Lipinski definition) is 0. The van der Waals surface area contributed by atoms with Crippen LogP contribution in [-0.2, 0) is 11.4 Å². The van der Waals surface area contributed by atoms with E-state index < -0.39 is 0 Å². The highest BCUT2D eigenvalue weighted by Gasteiger charge is 2.09. The summed E-state index contributed by atoms with van der Waals surface area (Å²) in [6.07, 6.45) is 1.71. The smallest absolute Gasteiger partial charge is 0.143 e. The van der Waals surface area contributed by atoms with Crippen LogP contribution in [0, 0.1) is 25.2 Å². The molecule has 1 aromatic heterocycles. The van der Waals surface area contributed by atoms with Crippen molar-refractivity contribution in [3.8, 4) is 11.8 Å². The Morgan fingerprint density at radius 2 is 1.88 bits per heavy atom.